The van der Waals surface area contributed by atoms with Crippen molar-refractivity contribution in [3.8, 4) is 0 Å². The van der Waals surface area contributed by atoms with Crippen molar-refractivity contribution in [1.29, 1.82) is 0 Å². The van der Waals surface area contributed by atoms with Crippen molar-refractivity contribution < 1.29 is 4.79 Å². The van der Waals surface area contributed by atoms with Gasteiger partial charge in [-0.1, -0.05) is 6.92 Å². The molecule has 0 saturated carbocycles. The van der Waals surface area contributed by atoms with Gasteiger partial charge in [0, 0.05) is 12.4 Å². The van der Waals surface area contributed by atoms with Crippen molar-refractivity contribution in [3.63, 3.8) is 0 Å². The second-order valence-electron chi connectivity index (χ2n) is 2.76. The molecular weight excluding hydrogens is 168 g/mol. The molecule has 1 atom stereocenters. The fourth-order valence-corrected chi connectivity index (χ4v) is 0.972. The zero-order valence-corrected chi connectivity index (χ0v) is 7.40. The van der Waals surface area contributed by atoms with Gasteiger partial charge in [-0.3, -0.25) is 4.79 Å². The van der Waals surface area contributed by atoms with Crippen molar-refractivity contribution >= 4 is 5.91 Å². The highest BCUT2D eigenvalue weighted by molar-refractivity contribution is 5.84. The fraction of sp³-hybridized carbons (Fsp3) is 0.375. The molecule has 0 bridgehead atoms. The molecule has 1 aromatic rings. The van der Waals surface area contributed by atoms with Gasteiger partial charge in [0.05, 0.1) is 0 Å². The number of hydrogen-bond acceptors (Lipinski definition) is 4. The monoisotopic (exact) mass is 180 g/mol. The molecule has 0 aliphatic carbocycles. The van der Waals surface area contributed by atoms with Crippen LogP contribution in [-0.2, 0) is 10.3 Å². The number of rotatable bonds is 3. The van der Waals surface area contributed by atoms with E-state index in [0.29, 0.717) is 6.42 Å². The number of aromatic nitrogens is 2. The standard InChI is InChI=1S/C8H12N4O/c1-2-8(10,6(9)13)7-11-4-3-5-12-7/h3-5H,2,10H2,1H3,(H2,9,13). The molecule has 1 amide bonds. The first kappa shape index (κ1) is 9.60. The van der Waals surface area contributed by atoms with Crippen LogP contribution in [-0.4, -0.2) is 15.9 Å². The lowest BCUT2D eigenvalue weighted by Crippen LogP contribution is -2.49. The first-order valence-corrected chi connectivity index (χ1v) is 3.97. The summed E-state index contributed by atoms with van der Waals surface area (Å²) in [6, 6.07) is 1.65. The Morgan fingerprint density at radius 2 is 2.08 bits per heavy atom. The normalized spacial score (nSPS) is 14.9. The zero-order valence-electron chi connectivity index (χ0n) is 7.40. The Bertz CT molecular complexity index is 300. The molecule has 0 aromatic carbocycles. The molecule has 5 heteroatoms. The van der Waals surface area contributed by atoms with Gasteiger partial charge in [-0.25, -0.2) is 9.97 Å². The Kier molecular flexibility index (Phi) is 2.57. The summed E-state index contributed by atoms with van der Waals surface area (Å²) in [5.41, 5.74) is 9.68. The lowest BCUT2D eigenvalue weighted by molar-refractivity contribution is -0.123. The summed E-state index contributed by atoms with van der Waals surface area (Å²) in [5.74, 6) is -0.341. The van der Waals surface area contributed by atoms with E-state index in [4.69, 9.17) is 11.5 Å². The van der Waals surface area contributed by atoms with E-state index in [9.17, 15) is 4.79 Å². The highest BCUT2D eigenvalue weighted by atomic mass is 16.1. The van der Waals surface area contributed by atoms with Crippen LogP contribution >= 0.6 is 0 Å². The fourth-order valence-electron chi connectivity index (χ4n) is 0.972. The molecule has 1 rings (SSSR count). The van der Waals surface area contributed by atoms with Crippen LogP contribution in [0.15, 0.2) is 18.5 Å². The molecule has 0 spiro atoms. The Morgan fingerprint density at radius 3 is 2.46 bits per heavy atom. The quantitative estimate of drug-likeness (QED) is 0.657. The largest absolute Gasteiger partial charge is 0.368 e. The SMILES string of the molecule is CCC(N)(C(N)=O)c1ncccn1. The maximum atomic E-state index is 11.1. The second-order valence-corrected chi connectivity index (χ2v) is 2.76. The van der Waals surface area contributed by atoms with Gasteiger partial charge in [-0.15, -0.1) is 0 Å². The summed E-state index contributed by atoms with van der Waals surface area (Å²) in [4.78, 5) is 18.9. The lowest BCUT2D eigenvalue weighted by Gasteiger charge is -2.21. The average molecular weight is 180 g/mol. The summed E-state index contributed by atoms with van der Waals surface area (Å²) in [6.45, 7) is 1.76. The Labute approximate surface area is 76.2 Å². The third-order valence-corrected chi connectivity index (χ3v) is 1.96. The second kappa shape index (κ2) is 3.49. The van der Waals surface area contributed by atoms with Gasteiger partial charge in [0.15, 0.2) is 11.4 Å². The minimum absolute atomic E-state index is 0.269. The molecule has 70 valence electrons. The molecule has 0 saturated heterocycles. The molecule has 5 nitrogen and oxygen atoms in total. The van der Waals surface area contributed by atoms with Crippen molar-refractivity contribution in [2.24, 2.45) is 11.5 Å². The predicted molar refractivity (Wildman–Crippen MR) is 47.4 cm³/mol. The Morgan fingerprint density at radius 1 is 1.54 bits per heavy atom. The van der Waals surface area contributed by atoms with Crippen molar-refractivity contribution in [2.75, 3.05) is 0 Å². The lowest BCUT2D eigenvalue weighted by atomic mass is 9.96. The summed E-state index contributed by atoms with van der Waals surface area (Å²) in [5, 5.41) is 0. The minimum atomic E-state index is -1.25. The number of amides is 1. The van der Waals surface area contributed by atoms with Crippen molar-refractivity contribution in [3.05, 3.63) is 24.3 Å². The van der Waals surface area contributed by atoms with Gasteiger partial charge in [0.25, 0.3) is 0 Å². The summed E-state index contributed by atoms with van der Waals surface area (Å²) in [7, 11) is 0. The van der Waals surface area contributed by atoms with E-state index in [0.717, 1.165) is 0 Å². The number of hydrogen-bond donors (Lipinski definition) is 2. The Hall–Kier alpha value is -1.49. The van der Waals surface area contributed by atoms with Crippen LogP contribution < -0.4 is 11.5 Å². The highest BCUT2D eigenvalue weighted by Crippen LogP contribution is 2.16. The number of carbonyl (C=O) groups excluding carboxylic acids is 1. The van der Waals surface area contributed by atoms with Crippen LogP contribution in [0.2, 0.25) is 0 Å². The molecule has 1 heterocycles. The van der Waals surface area contributed by atoms with Crippen LogP contribution in [0.5, 0.6) is 0 Å². The van der Waals surface area contributed by atoms with Crippen molar-refractivity contribution in [1.82, 2.24) is 9.97 Å². The third-order valence-electron chi connectivity index (χ3n) is 1.96. The molecule has 1 aromatic heterocycles. The maximum Gasteiger partial charge on any atom is 0.245 e. The van der Waals surface area contributed by atoms with Crippen LogP contribution in [0.1, 0.15) is 19.2 Å². The van der Waals surface area contributed by atoms with Gasteiger partial charge in [0.1, 0.15) is 0 Å². The van der Waals surface area contributed by atoms with E-state index in [2.05, 4.69) is 9.97 Å². The van der Waals surface area contributed by atoms with Gasteiger partial charge in [-0.2, -0.15) is 0 Å². The van der Waals surface area contributed by atoms with E-state index >= 15 is 0 Å². The summed E-state index contributed by atoms with van der Waals surface area (Å²) in [6.07, 6.45) is 3.44. The molecule has 0 fully saturated rings. The first-order valence-electron chi connectivity index (χ1n) is 3.97. The van der Waals surface area contributed by atoms with Crippen LogP contribution in [0.4, 0.5) is 0 Å². The summed E-state index contributed by atoms with van der Waals surface area (Å²) < 4.78 is 0. The molecular formula is C8H12N4O. The van der Waals surface area contributed by atoms with E-state index < -0.39 is 11.4 Å². The van der Waals surface area contributed by atoms with Crippen LogP contribution in [0.3, 0.4) is 0 Å². The topological polar surface area (TPSA) is 94.9 Å². The number of nitrogens with two attached hydrogens (primary N) is 2. The van der Waals surface area contributed by atoms with E-state index in [1.165, 1.54) is 12.4 Å². The summed E-state index contributed by atoms with van der Waals surface area (Å²) >= 11 is 0. The predicted octanol–water partition coefficient (Wildman–Crippen LogP) is -0.474. The van der Waals surface area contributed by atoms with Crippen LogP contribution in [0, 0.1) is 0 Å². The number of primary amides is 1. The number of carbonyl (C=O) groups is 1. The smallest absolute Gasteiger partial charge is 0.245 e. The first-order chi connectivity index (χ1) is 6.11. The van der Waals surface area contributed by atoms with Gasteiger partial charge < -0.3 is 11.5 Å². The van der Waals surface area contributed by atoms with E-state index in [-0.39, 0.29) is 5.82 Å². The third kappa shape index (κ3) is 1.65. The average Bonchev–Trinajstić information content (AvgIpc) is 2.17. The molecule has 0 aliphatic heterocycles. The highest BCUT2D eigenvalue weighted by Gasteiger charge is 2.34. The minimum Gasteiger partial charge on any atom is -0.368 e. The van der Waals surface area contributed by atoms with E-state index in [1.807, 2.05) is 0 Å². The molecule has 13 heavy (non-hydrogen) atoms. The molecule has 0 aliphatic rings. The molecule has 1 unspecified atom stereocenters. The van der Waals surface area contributed by atoms with Gasteiger partial charge in [-0.05, 0) is 12.5 Å². The van der Waals surface area contributed by atoms with Gasteiger partial charge >= 0.3 is 0 Å². The van der Waals surface area contributed by atoms with Crippen molar-refractivity contribution in [2.45, 2.75) is 18.9 Å². The Balaban J connectivity index is 3.11. The molecule has 0 radical (unpaired) electrons. The maximum absolute atomic E-state index is 11.1. The zero-order chi connectivity index (χ0) is 9.90. The van der Waals surface area contributed by atoms with E-state index in [1.54, 1.807) is 13.0 Å². The molecule has 4 N–H and O–H groups in total. The van der Waals surface area contributed by atoms with Gasteiger partial charge in [0.2, 0.25) is 5.91 Å². The van der Waals surface area contributed by atoms with Crippen LogP contribution in [0.25, 0.3) is 0 Å². The number of nitrogens with zero attached hydrogens (tertiary/aromatic N) is 2.